The summed E-state index contributed by atoms with van der Waals surface area (Å²) in [6, 6.07) is 14.2. The van der Waals surface area contributed by atoms with Crippen LogP contribution in [0.5, 0.6) is 0 Å². The van der Waals surface area contributed by atoms with Crippen molar-refractivity contribution in [2.75, 3.05) is 0 Å². The van der Waals surface area contributed by atoms with Crippen molar-refractivity contribution in [1.29, 1.82) is 0 Å². The Balaban J connectivity index is 1.55. The monoisotopic (exact) mass is 477 g/mol. The predicted molar refractivity (Wildman–Crippen MR) is 109 cm³/mol. The maximum atomic E-state index is 13.1. The van der Waals surface area contributed by atoms with E-state index in [-0.39, 0.29) is 11.7 Å². The van der Waals surface area contributed by atoms with E-state index in [0.29, 0.717) is 17.9 Å². The summed E-state index contributed by atoms with van der Waals surface area (Å²) in [5.41, 5.74) is 3.11. The van der Waals surface area contributed by atoms with Crippen LogP contribution in [0.15, 0.2) is 60.1 Å². The highest BCUT2D eigenvalue weighted by atomic mass is 127. The molecule has 4 rings (SSSR count). The van der Waals surface area contributed by atoms with Gasteiger partial charge in [0.05, 0.1) is 5.69 Å². The van der Waals surface area contributed by atoms with Crippen molar-refractivity contribution in [3.8, 4) is 11.3 Å². The number of benzene rings is 2. The van der Waals surface area contributed by atoms with Crippen molar-refractivity contribution in [2.45, 2.75) is 6.54 Å². The first-order chi connectivity index (χ1) is 12.6. The Morgan fingerprint density at radius 3 is 2.62 bits per heavy atom. The van der Waals surface area contributed by atoms with Crippen LogP contribution in [-0.2, 0) is 6.54 Å². The Labute approximate surface area is 166 Å². The van der Waals surface area contributed by atoms with E-state index < -0.39 is 0 Å². The molecule has 2 aromatic heterocycles. The number of halogens is 2. The summed E-state index contributed by atoms with van der Waals surface area (Å²) in [5, 5.41) is 4.73. The van der Waals surface area contributed by atoms with Crippen molar-refractivity contribution in [1.82, 2.24) is 14.7 Å². The fraction of sp³-hybridized carbons (Fsp3) is 0.0526. The second-order valence-electron chi connectivity index (χ2n) is 5.72. The summed E-state index contributed by atoms with van der Waals surface area (Å²) in [4.78, 5) is 17.8. The lowest BCUT2D eigenvalue weighted by Gasteiger charge is -2.05. The first-order valence-corrected chi connectivity index (χ1v) is 9.81. The van der Waals surface area contributed by atoms with Gasteiger partial charge in [-0.3, -0.25) is 9.20 Å². The molecule has 0 aliphatic rings. The van der Waals surface area contributed by atoms with E-state index in [1.807, 2.05) is 24.3 Å². The molecule has 4 nitrogen and oxygen atoms in total. The number of imidazole rings is 1. The van der Waals surface area contributed by atoms with Crippen LogP contribution in [-0.4, -0.2) is 15.3 Å². The number of fused-ring (bicyclic) bond motifs is 1. The van der Waals surface area contributed by atoms with E-state index in [9.17, 15) is 9.18 Å². The van der Waals surface area contributed by atoms with Crippen molar-refractivity contribution in [3.63, 3.8) is 0 Å². The van der Waals surface area contributed by atoms with Crippen LogP contribution >= 0.6 is 33.9 Å². The lowest BCUT2D eigenvalue weighted by Crippen LogP contribution is -2.23. The number of hydrogen-bond acceptors (Lipinski definition) is 3. The largest absolute Gasteiger partial charge is 0.347 e. The van der Waals surface area contributed by atoms with Gasteiger partial charge in [-0.25, -0.2) is 9.37 Å². The lowest BCUT2D eigenvalue weighted by atomic mass is 10.2. The SMILES string of the molecule is O=C(NCc1ccc(I)cc1)c1csc2nc(-c3ccc(F)cc3)cn12. The molecule has 130 valence electrons. The molecule has 0 fully saturated rings. The molecule has 0 aliphatic heterocycles. The number of nitrogens with zero attached hydrogens (tertiary/aromatic N) is 2. The molecule has 0 radical (unpaired) electrons. The smallest absolute Gasteiger partial charge is 0.269 e. The molecular formula is C19H13FIN3OS. The van der Waals surface area contributed by atoms with Crippen LogP contribution in [0.3, 0.4) is 0 Å². The molecule has 0 spiro atoms. The van der Waals surface area contributed by atoms with Crippen molar-refractivity contribution in [2.24, 2.45) is 0 Å². The Bertz CT molecular complexity index is 1070. The fourth-order valence-electron chi connectivity index (χ4n) is 2.58. The van der Waals surface area contributed by atoms with E-state index >= 15 is 0 Å². The molecule has 0 unspecified atom stereocenters. The molecule has 1 amide bonds. The standard InChI is InChI=1S/C19H13FIN3OS/c20-14-5-3-13(4-6-14)16-10-24-17(11-26-19(24)23-16)18(25)22-9-12-1-7-15(21)8-2-12/h1-8,10-11H,9H2,(H,22,25). The highest BCUT2D eigenvalue weighted by molar-refractivity contribution is 14.1. The Morgan fingerprint density at radius 2 is 1.88 bits per heavy atom. The summed E-state index contributed by atoms with van der Waals surface area (Å²) in [6.07, 6.45) is 1.80. The molecular weight excluding hydrogens is 464 g/mol. The Morgan fingerprint density at radius 1 is 1.15 bits per heavy atom. The van der Waals surface area contributed by atoms with Gasteiger partial charge in [-0.05, 0) is 64.6 Å². The zero-order valence-corrected chi connectivity index (χ0v) is 16.4. The molecule has 0 aliphatic carbocycles. The molecule has 1 N–H and O–H groups in total. The van der Waals surface area contributed by atoms with E-state index in [4.69, 9.17) is 0 Å². The molecule has 2 aromatic carbocycles. The van der Waals surface area contributed by atoms with Gasteiger partial charge in [0.15, 0.2) is 4.96 Å². The average molecular weight is 477 g/mol. The number of carbonyl (C=O) groups excluding carboxylic acids is 1. The highest BCUT2D eigenvalue weighted by Crippen LogP contribution is 2.24. The third-order valence-electron chi connectivity index (χ3n) is 3.95. The maximum Gasteiger partial charge on any atom is 0.269 e. The normalized spacial score (nSPS) is 11.0. The van der Waals surface area contributed by atoms with Crippen LogP contribution in [0.2, 0.25) is 0 Å². The number of nitrogens with one attached hydrogen (secondary N) is 1. The number of thiazole rings is 1. The highest BCUT2D eigenvalue weighted by Gasteiger charge is 2.15. The minimum atomic E-state index is -0.287. The molecule has 2 heterocycles. The number of amides is 1. The van der Waals surface area contributed by atoms with Gasteiger partial charge in [0, 0.05) is 27.3 Å². The van der Waals surface area contributed by atoms with Crippen LogP contribution in [0.25, 0.3) is 16.2 Å². The van der Waals surface area contributed by atoms with Gasteiger partial charge >= 0.3 is 0 Å². The molecule has 7 heteroatoms. The predicted octanol–water partition coefficient (Wildman–Crippen LogP) is 4.74. The lowest BCUT2D eigenvalue weighted by molar-refractivity contribution is 0.0945. The minimum absolute atomic E-state index is 0.155. The van der Waals surface area contributed by atoms with Gasteiger partial charge in [-0.2, -0.15) is 0 Å². The van der Waals surface area contributed by atoms with Crippen LogP contribution in [0, 0.1) is 9.39 Å². The van der Waals surface area contributed by atoms with Gasteiger partial charge in [0.1, 0.15) is 11.5 Å². The summed E-state index contributed by atoms with van der Waals surface area (Å²) in [6.45, 7) is 0.465. The fourth-order valence-corrected chi connectivity index (χ4v) is 3.80. The molecule has 26 heavy (non-hydrogen) atoms. The number of hydrogen-bond donors (Lipinski definition) is 1. The second-order valence-corrected chi connectivity index (χ2v) is 7.80. The number of aromatic nitrogens is 2. The van der Waals surface area contributed by atoms with Crippen molar-refractivity contribution >= 4 is 44.8 Å². The first-order valence-electron chi connectivity index (χ1n) is 7.85. The second kappa shape index (κ2) is 7.16. The van der Waals surface area contributed by atoms with Gasteiger partial charge in [0.2, 0.25) is 0 Å². The topological polar surface area (TPSA) is 46.4 Å². The van der Waals surface area contributed by atoms with Crippen LogP contribution < -0.4 is 5.32 Å². The zero-order valence-electron chi connectivity index (χ0n) is 13.4. The van der Waals surface area contributed by atoms with Gasteiger partial charge in [-0.15, -0.1) is 11.3 Å². The molecule has 0 atom stereocenters. The number of carbonyl (C=O) groups is 1. The van der Waals surface area contributed by atoms with E-state index in [2.05, 4.69) is 32.9 Å². The quantitative estimate of drug-likeness (QED) is 0.432. The van der Waals surface area contributed by atoms with E-state index in [1.165, 1.54) is 23.5 Å². The van der Waals surface area contributed by atoms with Crippen LogP contribution in [0.4, 0.5) is 4.39 Å². The zero-order chi connectivity index (χ0) is 18.1. The minimum Gasteiger partial charge on any atom is -0.347 e. The van der Waals surface area contributed by atoms with Gasteiger partial charge in [-0.1, -0.05) is 12.1 Å². The van der Waals surface area contributed by atoms with Gasteiger partial charge < -0.3 is 5.32 Å². The molecule has 0 bridgehead atoms. The van der Waals surface area contributed by atoms with Crippen LogP contribution in [0.1, 0.15) is 16.1 Å². The summed E-state index contributed by atoms with van der Waals surface area (Å²) < 4.78 is 16.0. The summed E-state index contributed by atoms with van der Waals surface area (Å²) >= 11 is 3.65. The molecule has 4 aromatic rings. The average Bonchev–Trinajstić information content (AvgIpc) is 3.22. The molecule has 0 saturated carbocycles. The molecule has 0 saturated heterocycles. The first kappa shape index (κ1) is 17.2. The summed E-state index contributed by atoms with van der Waals surface area (Å²) in [7, 11) is 0. The van der Waals surface area contributed by atoms with Gasteiger partial charge in [0.25, 0.3) is 5.91 Å². The third kappa shape index (κ3) is 3.49. The third-order valence-corrected chi connectivity index (χ3v) is 5.51. The Hall–Kier alpha value is -2.26. The Kier molecular flexibility index (Phi) is 4.73. The van der Waals surface area contributed by atoms with Crippen molar-refractivity contribution in [3.05, 3.63) is 80.8 Å². The van der Waals surface area contributed by atoms with Crippen molar-refractivity contribution < 1.29 is 9.18 Å². The maximum absolute atomic E-state index is 13.1. The van der Waals surface area contributed by atoms with E-state index in [0.717, 1.165) is 19.7 Å². The number of rotatable bonds is 4. The summed E-state index contributed by atoms with van der Waals surface area (Å²) in [5.74, 6) is -0.441. The van der Waals surface area contributed by atoms with E-state index in [1.54, 1.807) is 28.1 Å².